The van der Waals surface area contributed by atoms with Gasteiger partial charge in [-0.1, -0.05) is 19.1 Å². The molecule has 1 aromatic carbocycles. The Hall–Kier alpha value is -2.28. The molecule has 0 aliphatic carbocycles. The van der Waals surface area contributed by atoms with Crippen LogP contribution in [0.4, 0.5) is 5.69 Å². The van der Waals surface area contributed by atoms with Gasteiger partial charge in [0.25, 0.3) is 0 Å². The number of amides is 1. The fraction of sp³-hybridized carbons (Fsp3) is 0.267. The van der Waals surface area contributed by atoms with Crippen LogP contribution in [0.3, 0.4) is 0 Å². The van der Waals surface area contributed by atoms with Crippen molar-refractivity contribution in [3.63, 3.8) is 0 Å². The van der Waals surface area contributed by atoms with Gasteiger partial charge in [0.1, 0.15) is 0 Å². The van der Waals surface area contributed by atoms with Gasteiger partial charge in [-0.2, -0.15) is 0 Å². The molecule has 7 heteroatoms. The molecule has 22 heavy (non-hydrogen) atoms. The van der Waals surface area contributed by atoms with Crippen LogP contribution < -0.4 is 5.32 Å². The second kappa shape index (κ2) is 6.65. The van der Waals surface area contributed by atoms with Gasteiger partial charge in [-0.3, -0.25) is 4.79 Å². The molecule has 0 saturated heterocycles. The number of hydrogen-bond acceptors (Lipinski definition) is 5. The van der Waals surface area contributed by atoms with E-state index in [2.05, 4.69) is 15.5 Å². The second-order valence-corrected chi connectivity index (χ2v) is 6.87. The van der Waals surface area contributed by atoms with Crippen molar-refractivity contribution in [2.75, 3.05) is 11.6 Å². The maximum Gasteiger partial charge on any atom is 0.224 e. The van der Waals surface area contributed by atoms with Crippen LogP contribution in [0.2, 0.25) is 0 Å². The van der Waals surface area contributed by atoms with Crippen molar-refractivity contribution in [2.45, 2.75) is 24.8 Å². The number of carbonyl (C=O) groups is 1. The zero-order chi connectivity index (χ0) is 16.2. The number of sulfone groups is 1. The highest BCUT2D eigenvalue weighted by Crippen LogP contribution is 2.20. The van der Waals surface area contributed by atoms with Crippen molar-refractivity contribution in [3.05, 3.63) is 36.4 Å². The molecule has 1 heterocycles. The van der Waals surface area contributed by atoms with Crippen molar-refractivity contribution in [3.8, 4) is 11.3 Å². The Morgan fingerprint density at radius 2 is 1.77 bits per heavy atom. The third kappa shape index (κ3) is 4.11. The van der Waals surface area contributed by atoms with Crippen molar-refractivity contribution in [1.82, 2.24) is 10.2 Å². The average Bonchev–Trinajstić information content (AvgIpc) is 2.47. The topological polar surface area (TPSA) is 89.0 Å². The van der Waals surface area contributed by atoms with Crippen LogP contribution in [0.1, 0.15) is 19.8 Å². The maximum absolute atomic E-state index is 11.5. The van der Waals surface area contributed by atoms with Gasteiger partial charge in [-0.05, 0) is 30.7 Å². The average molecular weight is 319 g/mol. The number of aromatic nitrogens is 2. The number of hydrogen-bond donors (Lipinski definition) is 1. The molecule has 0 saturated carbocycles. The van der Waals surface area contributed by atoms with E-state index in [1.54, 1.807) is 30.3 Å². The van der Waals surface area contributed by atoms with E-state index in [4.69, 9.17) is 0 Å². The number of nitrogens with one attached hydrogen (secondary N) is 1. The van der Waals surface area contributed by atoms with Gasteiger partial charge in [-0.15, -0.1) is 10.2 Å². The highest BCUT2D eigenvalue weighted by Gasteiger charge is 2.10. The summed E-state index contributed by atoms with van der Waals surface area (Å²) in [5, 5.41) is 10.4. The number of anilines is 1. The van der Waals surface area contributed by atoms with Crippen LogP contribution in [-0.4, -0.2) is 30.8 Å². The number of rotatable bonds is 5. The molecule has 2 rings (SSSR count). The quantitative estimate of drug-likeness (QED) is 0.913. The predicted molar refractivity (Wildman–Crippen MR) is 84.1 cm³/mol. The molecule has 0 bridgehead atoms. The summed E-state index contributed by atoms with van der Waals surface area (Å²) in [6, 6.07) is 10.2. The summed E-state index contributed by atoms with van der Waals surface area (Å²) < 4.78 is 22.7. The largest absolute Gasteiger partial charge is 0.326 e. The van der Waals surface area contributed by atoms with Crippen LogP contribution in [0.5, 0.6) is 0 Å². The Bertz CT molecular complexity index is 754. The van der Waals surface area contributed by atoms with Gasteiger partial charge in [-0.25, -0.2) is 8.42 Å². The van der Waals surface area contributed by atoms with Crippen LogP contribution in [0.25, 0.3) is 11.3 Å². The summed E-state index contributed by atoms with van der Waals surface area (Å²) in [7, 11) is -3.35. The van der Waals surface area contributed by atoms with Gasteiger partial charge in [0, 0.05) is 23.9 Å². The lowest BCUT2D eigenvalue weighted by Gasteiger charge is -2.06. The number of nitrogens with zero attached hydrogens (tertiary/aromatic N) is 2. The molecule has 1 amide bonds. The SMILES string of the molecule is CCCC(=O)Nc1ccc(-c2ccc(S(C)(=O)=O)nn2)cc1. The molecule has 1 aromatic heterocycles. The van der Waals surface area contributed by atoms with E-state index in [0.717, 1.165) is 18.2 Å². The van der Waals surface area contributed by atoms with Crippen molar-refractivity contribution >= 4 is 21.4 Å². The van der Waals surface area contributed by atoms with Gasteiger partial charge < -0.3 is 5.32 Å². The Morgan fingerprint density at radius 1 is 1.09 bits per heavy atom. The normalized spacial score (nSPS) is 11.2. The lowest BCUT2D eigenvalue weighted by Crippen LogP contribution is -2.10. The molecular formula is C15H17N3O3S. The van der Waals surface area contributed by atoms with Crippen LogP contribution in [0.15, 0.2) is 41.4 Å². The zero-order valence-corrected chi connectivity index (χ0v) is 13.2. The van der Waals surface area contributed by atoms with Gasteiger partial charge in [0.05, 0.1) is 5.69 Å². The van der Waals surface area contributed by atoms with E-state index in [1.807, 2.05) is 6.92 Å². The molecule has 6 nitrogen and oxygen atoms in total. The minimum absolute atomic E-state index is 0.0208. The summed E-state index contributed by atoms with van der Waals surface area (Å²) in [6.07, 6.45) is 2.37. The van der Waals surface area contributed by atoms with Crippen LogP contribution >= 0.6 is 0 Å². The fourth-order valence-corrected chi connectivity index (χ4v) is 2.35. The second-order valence-electron chi connectivity index (χ2n) is 4.90. The van der Waals surface area contributed by atoms with Crippen molar-refractivity contribution < 1.29 is 13.2 Å². The zero-order valence-electron chi connectivity index (χ0n) is 12.4. The van der Waals surface area contributed by atoms with Gasteiger partial charge in [0.15, 0.2) is 14.9 Å². The molecular weight excluding hydrogens is 302 g/mol. The first-order chi connectivity index (χ1) is 10.4. The third-order valence-corrected chi connectivity index (χ3v) is 3.94. The molecule has 1 N–H and O–H groups in total. The van der Waals surface area contributed by atoms with E-state index in [0.29, 0.717) is 17.8 Å². The smallest absolute Gasteiger partial charge is 0.224 e. The minimum atomic E-state index is -3.35. The molecule has 0 unspecified atom stereocenters. The lowest BCUT2D eigenvalue weighted by molar-refractivity contribution is -0.116. The molecule has 116 valence electrons. The first-order valence-corrected chi connectivity index (χ1v) is 8.73. The summed E-state index contributed by atoms with van der Waals surface area (Å²) in [6.45, 7) is 1.95. The first-order valence-electron chi connectivity index (χ1n) is 6.84. The summed E-state index contributed by atoms with van der Waals surface area (Å²) in [4.78, 5) is 11.5. The summed E-state index contributed by atoms with van der Waals surface area (Å²) >= 11 is 0. The Balaban J connectivity index is 2.15. The van der Waals surface area contributed by atoms with Gasteiger partial charge >= 0.3 is 0 Å². The Morgan fingerprint density at radius 3 is 2.27 bits per heavy atom. The van der Waals surface area contributed by atoms with Crippen molar-refractivity contribution in [2.24, 2.45) is 0 Å². The lowest BCUT2D eigenvalue weighted by atomic mass is 10.1. The van der Waals surface area contributed by atoms with E-state index in [-0.39, 0.29) is 10.9 Å². The fourth-order valence-electron chi connectivity index (χ4n) is 1.85. The summed E-state index contributed by atoms with van der Waals surface area (Å²) in [5.74, 6) is -0.0208. The molecule has 0 atom stereocenters. The molecule has 0 spiro atoms. The van der Waals surface area contributed by atoms with E-state index in [1.165, 1.54) is 6.07 Å². The molecule has 0 aliphatic rings. The highest BCUT2D eigenvalue weighted by molar-refractivity contribution is 7.90. The van der Waals surface area contributed by atoms with E-state index >= 15 is 0 Å². The number of carbonyl (C=O) groups excluding carboxylic acids is 1. The van der Waals surface area contributed by atoms with Crippen LogP contribution in [0, 0.1) is 0 Å². The number of benzene rings is 1. The molecule has 2 aromatic rings. The first kappa shape index (κ1) is 16.1. The maximum atomic E-state index is 11.5. The third-order valence-electron chi connectivity index (χ3n) is 2.96. The predicted octanol–water partition coefficient (Wildman–Crippen LogP) is 2.29. The Labute approximate surface area is 129 Å². The van der Waals surface area contributed by atoms with E-state index in [9.17, 15) is 13.2 Å². The molecule has 0 aliphatic heterocycles. The summed E-state index contributed by atoms with van der Waals surface area (Å²) in [5.41, 5.74) is 2.07. The van der Waals surface area contributed by atoms with Gasteiger partial charge in [0.2, 0.25) is 5.91 Å². The van der Waals surface area contributed by atoms with E-state index < -0.39 is 9.84 Å². The molecule has 0 radical (unpaired) electrons. The standard InChI is InChI=1S/C15H17N3O3S/c1-3-4-14(19)16-12-7-5-11(6-8-12)13-9-10-15(18-17-13)22(2,20)21/h5-10H,3-4H2,1-2H3,(H,16,19). The highest BCUT2D eigenvalue weighted by atomic mass is 32.2. The van der Waals surface area contributed by atoms with Crippen molar-refractivity contribution in [1.29, 1.82) is 0 Å². The minimum Gasteiger partial charge on any atom is -0.326 e. The van der Waals surface area contributed by atoms with Crippen LogP contribution in [-0.2, 0) is 14.6 Å². The molecule has 0 fully saturated rings. The monoisotopic (exact) mass is 319 g/mol. The Kier molecular flexibility index (Phi) is 4.87.